The fourth-order valence-corrected chi connectivity index (χ4v) is 3.12. The van der Waals surface area contributed by atoms with Gasteiger partial charge in [0.15, 0.2) is 0 Å². The van der Waals surface area contributed by atoms with Crippen LogP contribution in [0.4, 0.5) is 0 Å². The highest BCUT2D eigenvalue weighted by molar-refractivity contribution is 6.30. The molecular weight excluding hydrogens is 328 g/mol. The first-order valence-corrected chi connectivity index (χ1v) is 8.64. The molecule has 0 radical (unpaired) electrons. The minimum Gasteiger partial charge on any atom is -0.249 e. The summed E-state index contributed by atoms with van der Waals surface area (Å²) in [5.41, 5.74) is 7.13. The predicted molar refractivity (Wildman–Crippen MR) is 104 cm³/mol. The molecule has 0 aliphatic carbocycles. The van der Waals surface area contributed by atoms with Crippen LogP contribution in [0.1, 0.15) is 16.8 Å². The van der Waals surface area contributed by atoms with Crippen LogP contribution in [0.15, 0.2) is 72.8 Å². The van der Waals surface area contributed by atoms with E-state index in [0.29, 0.717) is 5.02 Å². The molecule has 0 saturated carbocycles. The Bertz CT molecular complexity index is 1040. The topological polar surface area (TPSA) is 25.8 Å². The van der Waals surface area contributed by atoms with Crippen molar-refractivity contribution < 1.29 is 0 Å². The number of para-hydroxylation sites is 2. The van der Waals surface area contributed by atoms with E-state index in [-0.39, 0.29) is 0 Å². The molecule has 0 spiro atoms. The molecule has 2 nitrogen and oxygen atoms in total. The van der Waals surface area contributed by atoms with Gasteiger partial charge < -0.3 is 0 Å². The summed E-state index contributed by atoms with van der Waals surface area (Å²) in [4.78, 5) is 9.77. The van der Waals surface area contributed by atoms with E-state index < -0.39 is 0 Å². The van der Waals surface area contributed by atoms with Gasteiger partial charge in [-0.2, -0.15) is 0 Å². The van der Waals surface area contributed by atoms with E-state index in [0.717, 1.165) is 34.4 Å². The molecule has 3 aromatic carbocycles. The lowest BCUT2D eigenvalue weighted by molar-refractivity contribution is 1.07. The van der Waals surface area contributed by atoms with Crippen LogP contribution in [0.3, 0.4) is 0 Å². The summed E-state index contributed by atoms with van der Waals surface area (Å²) in [5, 5.41) is 0.703. The Kier molecular flexibility index (Phi) is 4.21. The number of rotatable bonds is 3. The fraction of sp³-hybridized carbons (Fsp3) is 0.0909. The molecule has 1 heterocycles. The molecule has 3 heteroatoms. The van der Waals surface area contributed by atoms with Gasteiger partial charge in [0, 0.05) is 17.0 Å². The molecule has 0 fully saturated rings. The van der Waals surface area contributed by atoms with E-state index >= 15 is 0 Å². The highest BCUT2D eigenvalue weighted by Gasteiger charge is 2.12. The van der Waals surface area contributed by atoms with Gasteiger partial charge in [0.2, 0.25) is 0 Å². The zero-order valence-electron chi connectivity index (χ0n) is 13.9. The first-order chi connectivity index (χ1) is 12.2. The summed E-state index contributed by atoms with van der Waals surface area (Å²) < 4.78 is 0. The molecule has 0 bridgehead atoms. The molecule has 0 atom stereocenters. The van der Waals surface area contributed by atoms with Gasteiger partial charge in [-0.15, -0.1) is 0 Å². The molecule has 0 aliphatic heterocycles. The van der Waals surface area contributed by atoms with Crippen molar-refractivity contribution in [2.24, 2.45) is 0 Å². The van der Waals surface area contributed by atoms with E-state index in [4.69, 9.17) is 21.6 Å². The minimum atomic E-state index is 0.703. The van der Waals surface area contributed by atoms with Gasteiger partial charge in [0.1, 0.15) is 0 Å². The smallest absolute Gasteiger partial charge is 0.0929 e. The van der Waals surface area contributed by atoms with Gasteiger partial charge in [0.05, 0.1) is 22.4 Å². The van der Waals surface area contributed by atoms with Gasteiger partial charge in [-0.25, -0.2) is 9.97 Å². The van der Waals surface area contributed by atoms with Gasteiger partial charge in [-0.1, -0.05) is 65.7 Å². The van der Waals surface area contributed by atoms with Crippen LogP contribution in [0, 0.1) is 6.92 Å². The van der Waals surface area contributed by atoms with Crippen molar-refractivity contribution in [2.45, 2.75) is 13.3 Å². The highest BCUT2D eigenvalue weighted by Crippen LogP contribution is 2.27. The Morgan fingerprint density at radius 3 is 2.24 bits per heavy atom. The lowest BCUT2D eigenvalue weighted by Crippen LogP contribution is -2.00. The average molecular weight is 345 g/mol. The van der Waals surface area contributed by atoms with Crippen LogP contribution in [-0.4, -0.2) is 9.97 Å². The van der Waals surface area contributed by atoms with Crippen molar-refractivity contribution in [3.63, 3.8) is 0 Å². The Morgan fingerprint density at radius 1 is 0.800 bits per heavy atom. The molecule has 0 N–H and O–H groups in total. The van der Waals surface area contributed by atoms with Gasteiger partial charge in [0.25, 0.3) is 0 Å². The van der Waals surface area contributed by atoms with Crippen molar-refractivity contribution in [1.82, 2.24) is 9.97 Å². The Labute approximate surface area is 152 Å². The molecule has 0 saturated heterocycles. The molecule has 25 heavy (non-hydrogen) atoms. The summed E-state index contributed by atoms with van der Waals surface area (Å²) in [6, 6.07) is 24.3. The molecule has 1 aromatic heterocycles. The lowest BCUT2D eigenvalue weighted by atomic mass is 10.0. The summed E-state index contributed by atoms with van der Waals surface area (Å²) in [6.07, 6.45) is 0.736. The van der Waals surface area contributed by atoms with Gasteiger partial charge in [-0.3, -0.25) is 0 Å². The third-order valence-corrected chi connectivity index (χ3v) is 4.47. The van der Waals surface area contributed by atoms with Crippen LogP contribution in [-0.2, 0) is 6.42 Å². The monoisotopic (exact) mass is 344 g/mol. The van der Waals surface area contributed by atoms with Crippen LogP contribution >= 0.6 is 11.6 Å². The number of aromatic nitrogens is 2. The number of aryl methyl sites for hydroxylation is 1. The van der Waals surface area contributed by atoms with Crippen molar-refractivity contribution in [3.05, 3.63) is 94.6 Å². The van der Waals surface area contributed by atoms with E-state index in [1.54, 1.807) is 0 Å². The number of hydrogen-bond donors (Lipinski definition) is 0. The normalized spacial score (nSPS) is 11.0. The van der Waals surface area contributed by atoms with Crippen LogP contribution in [0.5, 0.6) is 0 Å². The third kappa shape index (κ3) is 3.40. The second kappa shape index (κ2) is 6.66. The zero-order valence-corrected chi connectivity index (χ0v) is 14.7. The predicted octanol–water partition coefficient (Wildman–Crippen LogP) is 5.85. The van der Waals surface area contributed by atoms with Crippen molar-refractivity contribution >= 4 is 22.6 Å². The SMILES string of the molecule is Cc1ccc(Cc2nc3ccccc3nc2-c2cccc(Cl)c2)cc1. The summed E-state index contributed by atoms with van der Waals surface area (Å²) in [7, 11) is 0. The fourth-order valence-electron chi connectivity index (χ4n) is 2.93. The highest BCUT2D eigenvalue weighted by atomic mass is 35.5. The first-order valence-electron chi connectivity index (χ1n) is 8.26. The van der Waals surface area contributed by atoms with Crippen LogP contribution in [0.2, 0.25) is 5.02 Å². The number of fused-ring (bicyclic) bond motifs is 1. The maximum atomic E-state index is 6.19. The van der Waals surface area contributed by atoms with E-state index in [9.17, 15) is 0 Å². The second-order valence-electron chi connectivity index (χ2n) is 6.18. The molecule has 0 aliphatic rings. The van der Waals surface area contributed by atoms with Crippen molar-refractivity contribution in [2.75, 3.05) is 0 Å². The Hall–Kier alpha value is -2.71. The quantitative estimate of drug-likeness (QED) is 0.466. The largest absolute Gasteiger partial charge is 0.249 e. The van der Waals surface area contributed by atoms with Crippen molar-refractivity contribution in [3.8, 4) is 11.3 Å². The lowest BCUT2D eigenvalue weighted by Gasteiger charge is -2.11. The molecule has 0 amide bonds. The number of hydrogen-bond acceptors (Lipinski definition) is 2. The third-order valence-electron chi connectivity index (χ3n) is 4.23. The Morgan fingerprint density at radius 2 is 1.52 bits per heavy atom. The summed E-state index contributed by atoms with van der Waals surface area (Å²) in [6.45, 7) is 2.09. The maximum absolute atomic E-state index is 6.19. The van der Waals surface area contributed by atoms with E-state index in [1.807, 2.05) is 48.5 Å². The molecule has 0 unspecified atom stereocenters. The summed E-state index contributed by atoms with van der Waals surface area (Å²) in [5.74, 6) is 0. The van der Waals surface area contributed by atoms with E-state index in [1.165, 1.54) is 11.1 Å². The molecule has 4 aromatic rings. The summed E-state index contributed by atoms with van der Waals surface area (Å²) >= 11 is 6.19. The average Bonchev–Trinajstić information content (AvgIpc) is 2.63. The number of halogens is 1. The number of benzene rings is 3. The standard InChI is InChI=1S/C22H17ClN2/c1-15-9-11-16(12-10-15)13-21-22(17-5-4-6-18(23)14-17)25-20-8-3-2-7-19(20)24-21/h2-12,14H,13H2,1H3. The molecule has 122 valence electrons. The van der Waals surface area contributed by atoms with Crippen molar-refractivity contribution in [1.29, 1.82) is 0 Å². The van der Waals surface area contributed by atoms with Gasteiger partial charge in [-0.05, 0) is 36.8 Å². The number of nitrogens with zero attached hydrogens (tertiary/aromatic N) is 2. The van der Waals surface area contributed by atoms with Crippen LogP contribution < -0.4 is 0 Å². The first kappa shape index (κ1) is 15.8. The zero-order chi connectivity index (χ0) is 17.2. The second-order valence-corrected chi connectivity index (χ2v) is 6.62. The Balaban J connectivity index is 1.87. The maximum Gasteiger partial charge on any atom is 0.0929 e. The molecular formula is C22H17ClN2. The molecule has 4 rings (SSSR count). The minimum absolute atomic E-state index is 0.703. The van der Waals surface area contributed by atoms with Gasteiger partial charge >= 0.3 is 0 Å². The van der Waals surface area contributed by atoms with Crippen LogP contribution in [0.25, 0.3) is 22.3 Å². The van der Waals surface area contributed by atoms with E-state index in [2.05, 4.69) is 31.2 Å².